The number of amides is 2. The van der Waals surface area contributed by atoms with Crippen molar-refractivity contribution in [2.24, 2.45) is 5.73 Å². The van der Waals surface area contributed by atoms with Crippen LogP contribution in [-0.4, -0.2) is 36.9 Å². The van der Waals surface area contributed by atoms with Gasteiger partial charge in [-0.2, -0.15) is 0 Å². The van der Waals surface area contributed by atoms with E-state index in [2.05, 4.69) is 5.32 Å². The van der Waals surface area contributed by atoms with Gasteiger partial charge in [0.15, 0.2) is 0 Å². The summed E-state index contributed by atoms with van der Waals surface area (Å²) < 4.78 is 0. The lowest BCUT2D eigenvalue weighted by molar-refractivity contribution is -0.116. The van der Waals surface area contributed by atoms with Crippen molar-refractivity contribution in [2.45, 2.75) is 32.7 Å². The standard InChI is InChI=1S/C15H23N3O2/c1-10-9-12(17-14(19)8-5-11(2)16)6-7-13(10)15(20)18(3)4/h6-7,9,11H,5,8,16H2,1-4H3,(H,17,19). The zero-order valence-corrected chi connectivity index (χ0v) is 12.6. The van der Waals surface area contributed by atoms with E-state index >= 15 is 0 Å². The van der Waals surface area contributed by atoms with Crippen molar-refractivity contribution in [3.63, 3.8) is 0 Å². The minimum atomic E-state index is -0.0617. The highest BCUT2D eigenvalue weighted by Gasteiger charge is 2.12. The molecular formula is C15H23N3O2. The number of nitrogens with two attached hydrogens (primary N) is 1. The van der Waals surface area contributed by atoms with Gasteiger partial charge in [0.05, 0.1) is 0 Å². The fourth-order valence-corrected chi connectivity index (χ4v) is 1.80. The van der Waals surface area contributed by atoms with E-state index in [1.54, 1.807) is 32.3 Å². The molecule has 0 fully saturated rings. The van der Waals surface area contributed by atoms with Gasteiger partial charge in [-0.25, -0.2) is 0 Å². The largest absolute Gasteiger partial charge is 0.345 e. The van der Waals surface area contributed by atoms with E-state index in [1.807, 2.05) is 13.8 Å². The van der Waals surface area contributed by atoms with Gasteiger partial charge in [0, 0.05) is 37.8 Å². The molecule has 0 heterocycles. The molecule has 5 nitrogen and oxygen atoms in total. The van der Waals surface area contributed by atoms with Crippen LogP contribution in [0.4, 0.5) is 5.69 Å². The first-order valence-corrected chi connectivity index (χ1v) is 6.69. The molecule has 0 aliphatic heterocycles. The van der Waals surface area contributed by atoms with Crippen LogP contribution in [0.25, 0.3) is 0 Å². The predicted octanol–water partition coefficient (Wildman–Crippen LogP) is 1.76. The molecule has 1 atom stereocenters. The van der Waals surface area contributed by atoms with E-state index in [0.717, 1.165) is 5.56 Å². The zero-order valence-electron chi connectivity index (χ0n) is 12.6. The van der Waals surface area contributed by atoms with E-state index in [0.29, 0.717) is 24.1 Å². The van der Waals surface area contributed by atoms with Crippen LogP contribution in [-0.2, 0) is 4.79 Å². The number of hydrogen-bond donors (Lipinski definition) is 2. The monoisotopic (exact) mass is 277 g/mol. The second-order valence-electron chi connectivity index (χ2n) is 5.29. The van der Waals surface area contributed by atoms with Crippen LogP contribution in [0.1, 0.15) is 35.7 Å². The normalized spacial score (nSPS) is 11.8. The first kappa shape index (κ1) is 16.2. The van der Waals surface area contributed by atoms with Gasteiger partial charge >= 0.3 is 0 Å². The number of carbonyl (C=O) groups excluding carboxylic acids is 2. The molecule has 0 aliphatic carbocycles. The molecule has 3 N–H and O–H groups in total. The number of benzene rings is 1. The molecule has 2 amide bonds. The van der Waals surface area contributed by atoms with Crippen molar-refractivity contribution < 1.29 is 9.59 Å². The molecule has 0 aromatic heterocycles. The number of nitrogens with zero attached hydrogens (tertiary/aromatic N) is 1. The van der Waals surface area contributed by atoms with Crippen LogP contribution in [0.2, 0.25) is 0 Å². The third-order valence-corrected chi connectivity index (χ3v) is 2.97. The number of nitrogens with one attached hydrogen (secondary N) is 1. The summed E-state index contributed by atoms with van der Waals surface area (Å²) in [4.78, 5) is 25.1. The number of rotatable bonds is 5. The van der Waals surface area contributed by atoms with Gasteiger partial charge < -0.3 is 16.0 Å². The average Bonchev–Trinajstić information content (AvgIpc) is 2.35. The Labute approximate surface area is 120 Å². The Balaban J connectivity index is 2.73. The van der Waals surface area contributed by atoms with Crippen molar-refractivity contribution in [3.8, 4) is 0 Å². The Morgan fingerprint density at radius 3 is 2.50 bits per heavy atom. The predicted molar refractivity (Wildman–Crippen MR) is 80.7 cm³/mol. The van der Waals surface area contributed by atoms with Crippen LogP contribution < -0.4 is 11.1 Å². The summed E-state index contributed by atoms with van der Waals surface area (Å²) in [5.74, 6) is -0.106. The second kappa shape index (κ2) is 7.05. The number of anilines is 1. The van der Waals surface area contributed by atoms with Gasteiger partial charge in [0.2, 0.25) is 5.91 Å². The fraction of sp³-hybridized carbons (Fsp3) is 0.467. The molecule has 0 aliphatic rings. The van der Waals surface area contributed by atoms with Gasteiger partial charge in [-0.1, -0.05) is 0 Å². The molecule has 5 heteroatoms. The van der Waals surface area contributed by atoms with Crippen molar-refractivity contribution >= 4 is 17.5 Å². The van der Waals surface area contributed by atoms with E-state index < -0.39 is 0 Å². The Bertz CT molecular complexity index is 496. The number of carbonyl (C=O) groups is 2. The van der Waals surface area contributed by atoms with Crippen molar-refractivity contribution in [2.75, 3.05) is 19.4 Å². The SMILES string of the molecule is Cc1cc(NC(=O)CCC(C)N)ccc1C(=O)N(C)C. The molecule has 1 unspecified atom stereocenters. The molecule has 0 radical (unpaired) electrons. The van der Waals surface area contributed by atoms with Crippen molar-refractivity contribution in [3.05, 3.63) is 29.3 Å². The maximum atomic E-state index is 11.9. The van der Waals surface area contributed by atoms with Crippen LogP contribution in [0.3, 0.4) is 0 Å². The van der Waals surface area contributed by atoms with Gasteiger partial charge in [0.1, 0.15) is 0 Å². The highest BCUT2D eigenvalue weighted by Crippen LogP contribution is 2.16. The first-order chi connectivity index (χ1) is 9.31. The fourth-order valence-electron chi connectivity index (χ4n) is 1.80. The third-order valence-electron chi connectivity index (χ3n) is 2.97. The van der Waals surface area contributed by atoms with Gasteiger partial charge in [0.25, 0.3) is 5.91 Å². The molecule has 0 saturated carbocycles. The summed E-state index contributed by atoms with van der Waals surface area (Å²) in [5, 5.41) is 2.81. The lowest BCUT2D eigenvalue weighted by atomic mass is 10.1. The molecule has 20 heavy (non-hydrogen) atoms. The first-order valence-electron chi connectivity index (χ1n) is 6.69. The molecule has 0 saturated heterocycles. The molecule has 110 valence electrons. The average molecular weight is 277 g/mol. The Kier molecular flexibility index (Phi) is 5.70. The Morgan fingerprint density at radius 1 is 1.35 bits per heavy atom. The van der Waals surface area contributed by atoms with E-state index in [-0.39, 0.29) is 17.9 Å². The van der Waals surface area contributed by atoms with Gasteiger partial charge in [-0.15, -0.1) is 0 Å². The summed E-state index contributed by atoms with van der Waals surface area (Å²) >= 11 is 0. The van der Waals surface area contributed by atoms with Crippen LogP contribution in [0, 0.1) is 6.92 Å². The number of aryl methyl sites for hydroxylation is 1. The van der Waals surface area contributed by atoms with Crippen LogP contribution in [0.15, 0.2) is 18.2 Å². The topological polar surface area (TPSA) is 75.4 Å². The molecular weight excluding hydrogens is 254 g/mol. The molecule has 0 spiro atoms. The highest BCUT2D eigenvalue weighted by molar-refractivity contribution is 5.97. The summed E-state index contributed by atoms with van der Waals surface area (Å²) in [6.45, 7) is 3.73. The van der Waals surface area contributed by atoms with Crippen molar-refractivity contribution in [1.82, 2.24) is 4.90 Å². The Hall–Kier alpha value is -1.88. The lowest BCUT2D eigenvalue weighted by Gasteiger charge is -2.14. The smallest absolute Gasteiger partial charge is 0.253 e. The minimum absolute atomic E-state index is 0.0163. The van der Waals surface area contributed by atoms with Crippen LogP contribution >= 0.6 is 0 Å². The second-order valence-corrected chi connectivity index (χ2v) is 5.29. The summed E-state index contributed by atoms with van der Waals surface area (Å²) in [6, 6.07) is 5.30. The lowest BCUT2D eigenvalue weighted by Crippen LogP contribution is -2.23. The van der Waals surface area contributed by atoms with E-state index in [9.17, 15) is 9.59 Å². The molecule has 1 aromatic carbocycles. The van der Waals surface area contributed by atoms with Gasteiger partial charge in [-0.05, 0) is 44.0 Å². The number of hydrogen-bond acceptors (Lipinski definition) is 3. The molecule has 1 aromatic rings. The Morgan fingerprint density at radius 2 is 2.00 bits per heavy atom. The van der Waals surface area contributed by atoms with Gasteiger partial charge in [-0.3, -0.25) is 9.59 Å². The van der Waals surface area contributed by atoms with E-state index in [4.69, 9.17) is 5.73 Å². The highest BCUT2D eigenvalue weighted by atomic mass is 16.2. The van der Waals surface area contributed by atoms with Crippen LogP contribution in [0.5, 0.6) is 0 Å². The van der Waals surface area contributed by atoms with E-state index in [1.165, 1.54) is 4.90 Å². The molecule has 0 bridgehead atoms. The zero-order chi connectivity index (χ0) is 15.3. The van der Waals surface area contributed by atoms with Crippen molar-refractivity contribution in [1.29, 1.82) is 0 Å². The summed E-state index contributed by atoms with van der Waals surface area (Å²) in [7, 11) is 3.43. The summed E-state index contributed by atoms with van der Waals surface area (Å²) in [5.41, 5.74) is 7.80. The maximum Gasteiger partial charge on any atom is 0.253 e. The summed E-state index contributed by atoms with van der Waals surface area (Å²) in [6.07, 6.45) is 1.05. The minimum Gasteiger partial charge on any atom is -0.345 e. The third kappa shape index (κ3) is 4.66. The quantitative estimate of drug-likeness (QED) is 0.861. The maximum absolute atomic E-state index is 11.9. The molecule has 1 rings (SSSR count).